The minimum absolute atomic E-state index is 0.0470. The van der Waals surface area contributed by atoms with Crippen LogP contribution in [0.2, 0.25) is 5.02 Å². The Morgan fingerprint density at radius 3 is 2.40 bits per heavy atom. The molecule has 0 aromatic heterocycles. The number of aryl methyl sites for hydroxylation is 3. The molecule has 7 heteroatoms. The zero-order chi connectivity index (χ0) is 28.6. The summed E-state index contributed by atoms with van der Waals surface area (Å²) in [4.78, 5) is 15.4. The predicted molar refractivity (Wildman–Crippen MR) is 157 cm³/mol. The number of methoxy groups -OCH3 is 1. The average molecular weight is 554 g/mol. The fourth-order valence-electron chi connectivity index (χ4n) is 5.63. The maximum absolute atomic E-state index is 13.6. The van der Waals surface area contributed by atoms with E-state index in [1.165, 1.54) is 0 Å². The van der Waals surface area contributed by atoms with Crippen LogP contribution in [-0.2, 0) is 11.4 Å². The topological polar surface area (TPSA) is 88.6 Å². The van der Waals surface area contributed by atoms with E-state index in [0.29, 0.717) is 41.4 Å². The fourth-order valence-corrected chi connectivity index (χ4v) is 5.80. The van der Waals surface area contributed by atoms with Crippen LogP contribution in [-0.4, -0.2) is 12.9 Å². The summed E-state index contributed by atoms with van der Waals surface area (Å²) in [6, 6.07) is 19.7. The first-order valence-electron chi connectivity index (χ1n) is 13.3. The maximum atomic E-state index is 13.6. The number of carbonyl (C=O) groups excluding carboxylic acids is 1. The SMILES string of the molecule is COc1ccc(OCc2cc(C3C(C#N)=C(N)N(c4ccc(C)c(Cl)c4)C4=C3C(=O)CCC4)c(C)cc2C)cc1. The number of halogens is 1. The summed E-state index contributed by atoms with van der Waals surface area (Å²) < 4.78 is 11.3. The Bertz CT molecular complexity index is 1600. The van der Waals surface area contributed by atoms with Crippen molar-refractivity contribution >= 4 is 23.1 Å². The van der Waals surface area contributed by atoms with Crippen LogP contribution in [0.4, 0.5) is 5.69 Å². The summed E-state index contributed by atoms with van der Waals surface area (Å²) in [5.41, 5.74) is 14.2. The number of nitriles is 1. The van der Waals surface area contributed by atoms with Crippen molar-refractivity contribution in [2.45, 2.75) is 52.6 Å². The quantitative estimate of drug-likeness (QED) is 0.348. The third kappa shape index (κ3) is 4.94. The van der Waals surface area contributed by atoms with Gasteiger partial charge >= 0.3 is 0 Å². The Balaban J connectivity index is 1.60. The highest BCUT2D eigenvalue weighted by atomic mass is 35.5. The summed E-state index contributed by atoms with van der Waals surface area (Å²) in [5.74, 6) is 1.31. The summed E-state index contributed by atoms with van der Waals surface area (Å²) in [6.45, 7) is 6.33. The van der Waals surface area contributed by atoms with Crippen molar-refractivity contribution in [2.24, 2.45) is 5.73 Å². The van der Waals surface area contributed by atoms with Gasteiger partial charge in [0.25, 0.3) is 0 Å². The molecule has 0 spiro atoms. The monoisotopic (exact) mass is 553 g/mol. The second-order valence-electron chi connectivity index (χ2n) is 10.3. The predicted octanol–water partition coefficient (Wildman–Crippen LogP) is 7.16. The number of Topliss-reactive ketones (excluding diaryl/α,β-unsaturated/α-hetero) is 1. The van der Waals surface area contributed by atoms with E-state index >= 15 is 0 Å². The fraction of sp³-hybridized carbons (Fsp3) is 0.273. The number of ketones is 1. The summed E-state index contributed by atoms with van der Waals surface area (Å²) in [5, 5.41) is 11.0. The minimum Gasteiger partial charge on any atom is -0.497 e. The lowest BCUT2D eigenvalue weighted by molar-refractivity contribution is -0.116. The Morgan fingerprint density at radius 1 is 1.00 bits per heavy atom. The summed E-state index contributed by atoms with van der Waals surface area (Å²) >= 11 is 6.47. The van der Waals surface area contributed by atoms with Gasteiger partial charge in [-0.3, -0.25) is 9.69 Å². The number of nitrogens with two attached hydrogens (primary N) is 1. The van der Waals surface area contributed by atoms with Gasteiger partial charge in [0, 0.05) is 28.4 Å². The number of rotatable bonds is 6. The highest BCUT2D eigenvalue weighted by Crippen LogP contribution is 2.47. The van der Waals surface area contributed by atoms with Crippen molar-refractivity contribution in [2.75, 3.05) is 12.0 Å². The van der Waals surface area contributed by atoms with E-state index in [2.05, 4.69) is 18.2 Å². The molecule has 3 aromatic rings. The van der Waals surface area contributed by atoms with Crippen LogP contribution in [0.25, 0.3) is 0 Å². The van der Waals surface area contributed by atoms with E-state index in [4.69, 9.17) is 26.8 Å². The standard InChI is InChI=1S/C33H32ClN3O3/c1-19-8-9-23(16-28(19)34)37-29-6-5-7-30(38)32(29)31(27(17-35)33(37)36)26-15-22(20(2)14-21(26)3)18-40-25-12-10-24(39-4)11-13-25/h8-16,31H,5-7,18,36H2,1-4H3. The number of nitrogens with zero attached hydrogens (tertiary/aromatic N) is 2. The van der Waals surface area contributed by atoms with Crippen LogP contribution in [0.15, 0.2) is 77.3 Å². The Morgan fingerprint density at radius 2 is 1.73 bits per heavy atom. The molecular formula is C33H32ClN3O3. The van der Waals surface area contributed by atoms with E-state index in [1.807, 2.05) is 68.1 Å². The van der Waals surface area contributed by atoms with E-state index in [9.17, 15) is 10.1 Å². The second-order valence-corrected chi connectivity index (χ2v) is 10.8. The number of carbonyl (C=O) groups is 1. The van der Waals surface area contributed by atoms with Crippen molar-refractivity contribution in [3.63, 3.8) is 0 Å². The van der Waals surface area contributed by atoms with E-state index in [1.54, 1.807) is 7.11 Å². The lowest BCUT2D eigenvalue weighted by Crippen LogP contribution is -2.39. The lowest BCUT2D eigenvalue weighted by atomic mass is 9.74. The van der Waals surface area contributed by atoms with Gasteiger partial charge in [0.2, 0.25) is 0 Å². The van der Waals surface area contributed by atoms with Gasteiger partial charge < -0.3 is 15.2 Å². The molecule has 0 saturated carbocycles. The number of ether oxygens (including phenoxy) is 2. The van der Waals surface area contributed by atoms with Gasteiger partial charge in [0.05, 0.1) is 24.7 Å². The first-order valence-corrected chi connectivity index (χ1v) is 13.7. The molecular weight excluding hydrogens is 522 g/mol. The van der Waals surface area contributed by atoms with Gasteiger partial charge in [0.15, 0.2) is 5.78 Å². The molecule has 2 N–H and O–H groups in total. The van der Waals surface area contributed by atoms with E-state index in [-0.39, 0.29) is 5.78 Å². The highest BCUT2D eigenvalue weighted by molar-refractivity contribution is 6.31. The molecule has 2 aliphatic rings. The highest BCUT2D eigenvalue weighted by Gasteiger charge is 2.41. The molecule has 0 amide bonds. The largest absolute Gasteiger partial charge is 0.497 e. The number of allylic oxidation sites excluding steroid dienone is 3. The second kappa shape index (κ2) is 11.1. The van der Waals surface area contributed by atoms with E-state index in [0.717, 1.165) is 57.1 Å². The van der Waals surface area contributed by atoms with Crippen LogP contribution in [0.5, 0.6) is 11.5 Å². The molecule has 0 saturated heterocycles. The van der Waals surface area contributed by atoms with Crippen molar-refractivity contribution in [1.29, 1.82) is 5.26 Å². The van der Waals surface area contributed by atoms with Crippen molar-refractivity contribution in [3.05, 3.63) is 110 Å². The summed E-state index contributed by atoms with van der Waals surface area (Å²) in [6.07, 6.45) is 1.85. The molecule has 0 radical (unpaired) electrons. The van der Waals surface area contributed by atoms with Crippen molar-refractivity contribution < 1.29 is 14.3 Å². The first kappa shape index (κ1) is 27.4. The molecule has 1 atom stereocenters. The van der Waals surface area contributed by atoms with Crippen LogP contribution in [0, 0.1) is 32.1 Å². The Kier molecular flexibility index (Phi) is 7.60. The molecule has 0 fully saturated rings. The van der Waals surface area contributed by atoms with Gasteiger partial charge in [-0.2, -0.15) is 5.26 Å². The Labute approximate surface area is 240 Å². The van der Waals surface area contributed by atoms with Gasteiger partial charge in [-0.15, -0.1) is 0 Å². The Hall–Kier alpha value is -4.21. The van der Waals surface area contributed by atoms with Crippen LogP contribution >= 0.6 is 11.6 Å². The molecule has 0 bridgehead atoms. The molecule has 204 valence electrons. The number of benzene rings is 3. The molecule has 1 aliphatic heterocycles. The zero-order valence-corrected chi connectivity index (χ0v) is 23.9. The normalized spacial score (nSPS) is 17.1. The van der Waals surface area contributed by atoms with Gasteiger partial charge in [-0.1, -0.05) is 29.8 Å². The van der Waals surface area contributed by atoms with E-state index < -0.39 is 5.92 Å². The van der Waals surface area contributed by atoms with Crippen LogP contribution in [0.1, 0.15) is 53.0 Å². The molecule has 6 nitrogen and oxygen atoms in total. The molecule has 1 unspecified atom stereocenters. The smallest absolute Gasteiger partial charge is 0.161 e. The minimum atomic E-state index is -0.551. The van der Waals surface area contributed by atoms with Gasteiger partial charge in [0.1, 0.15) is 23.9 Å². The lowest BCUT2D eigenvalue weighted by Gasteiger charge is -2.40. The van der Waals surface area contributed by atoms with Crippen LogP contribution < -0.4 is 20.1 Å². The third-order valence-corrected chi connectivity index (χ3v) is 8.22. The zero-order valence-electron chi connectivity index (χ0n) is 23.2. The third-order valence-electron chi connectivity index (χ3n) is 7.82. The summed E-state index contributed by atoms with van der Waals surface area (Å²) in [7, 11) is 1.63. The van der Waals surface area contributed by atoms with Crippen molar-refractivity contribution in [3.8, 4) is 17.6 Å². The molecule has 1 heterocycles. The van der Waals surface area contributed by atoms with Crippen molar-refractivity contribution in [1.82, 2.24) is 0 Å². The van der Waals surface area contributed by atoms with Gasteiger partial charge in [-0.25, -0.2) is 0 Å². The first-order chi connectivity index (χ1) is 19.2. The molecule has 3 aromatic carbocycles. The maximum Gasteiger partial charge on any atom is 0.161 e. The number of hydrogen-bond donors (Lipinski definition) is 1. The molecule has 40 heavy (non-hydrogen) atoms. The number of hydrogen-bond acceptors (Lipinski definition) is 6. The average Bonchev–Trinajstić information content (AvgIpc) is 2.94. The van der Waals surface area contributed by atoms with Crippen LogP contribution in [0.3, 0.4) is 0 Å². The van der Waals surface area contributed by atoms with Gasteiger partial charge in [-0.05, 0) is 97.8 Å². The molecule has 1 aliphatic carbocycles. The molecule has 5 rings (SSSR count). The number of anilines is 1.